The molecule has 0 aliphatic heterocycles. The first-order valence-corrected chi connectivity index (χ1v) is 8.10. The first-order chi connectivity index (χ1) is 9.33. The molecule has 0 atom stereocenters. The van der Waals surface area contributed by atoms with Crippen molar-refractivity contribution in [3.05, 3.63) is 18.2 Å². The van der Waals surface area contributed by atoms with Crippen LogP contribution in [-0.2, 0) is 20.0 Å². The fourth-order valence-electron chi connectivity index (χ4n) is 1.50. The van der Waals surface area contributed by atoms with Gasteiger partial charge in [-0.3, -0.25) is 13.8 Å². The lowest BCUT2D eigenvalue weighted by Crippen LogP contribution is -2.27. The van der Waals surface area contributed by atoms with Crippen molar-refractivity contribution in [1.29, 1.82) is 0 Å². The van der Waals surface area contributed by atoms with Gasteiger partial charge in [-0.2, -0.15) is 0 Å². The third-order valence-electron chi connectivity index (χ3n) is 2.16. The van der Waals surface area contributed by atoms with E-state index < -0.39 is 13.2 Å². The Kier molecular flexibility index (Phi) is 6.39. The van der Waals surface area contributed by atoms with Crippen LogP contribution in [0.5, 0.6) is 0 Å². The summed E-state index contributed by atoms with van der Waals surface area (Å²) in [7, 11) is -3.81. The Morgan fingerprint density at radius 1 is 1.35 bits per heavy atom. The molecule has 0 spiro atoms. The lowest BCUT2D eigenvalue weighted by molar-refractivity contribution is 0.143. The summed E-state index contributed by atoms with van der Waals surface area (Å²) < 4.78 is 22.8. The molecule has 0 unspecified atom stereocenters. The Morgan fingerprint density at radius 3 is 2.40 bits per heavy atom. The molecule has 114 valence electrons. The lowest BCUT2D eigenvalue weighted by atomic mass is 10.3. The monoisotopic (exact) mass is 303 g/mol. The van der Waals surface area contributed by atoms with Crippen molar-refractivity contribution in [3.63, 3.8) is 0 Å². The molecular formula is C12H22N3O4P. The first-order valence-electron chi connectivity index (χ1n) is 6.56. The van der Waals surface area contributed by atoms with Gasteiger partial charge in [0.2, 0.25) is 0 Å². The zero-order chi connectivity index (χ0) is 15.2. The highest BCUT2D eigenvalue weighted by molar-refractivity contribution is 7.71. The van der Waals surface area contributed by atoms with Gasteiger partial charge in [-0.15, -0.1) is 0 Å². The van der Waals surface area contributed by atoms with Gasteiger partial charge in [0.1, 0.15) is 0 Å². The predicted molar refractivity (Wildman–Crippen MR) is 75.7 cm³/mol. The summed E-state index contributed by atoms with van der Waals surface area (Å²) in [5.74, 6) is 0. The maximum absolute atomic E-state index is 12.4. The largest absolute Gasteiger partial charge is 0.418 e. The highest BCUT2D eigenvalue weighted by Crippen LogP contribution is 2.50. The molecule has 20 heavy (non-hydrogen) atoms. The number of carbonyl (C=O) groups excluding carboxylic acids is 1. The van der Waals surface area contributed by atoms with Gasteiger partial charge in [-0.1, -0.05) is 0 Å². The number of nitrogens with one attached hydrogen (secondary N) is 2. The minimum atomic E-state index is -3.81. The number of imidazole rings is 1. The highest BCUT2D eigenvalue weighted by Gasteiger charge is 2.36. The van der Waals surface area contributed by atoms with Crippen LogP contribution >= 0.6 is 7.60 Å². The SMILES string of the molecule is CC(C)OP(=O)(OC(C)C)C(=O)NCCc1c[nH]cn1. The summed E-state index contributed by atoms with van der Waals surface area (Å²) in [6, 6.07) is 0. The van der Waals surface area contributed by atoms with E-state index in [2.05, 4.69) is 15.3 Å². The molecule has 1 aromatic heterocycles. The van der Waals surface area contributed by atoms with Crippen molar-refractivity contribution >= 4 is 13.2 Å². The molecule has 1 rings (SSSR count). The van der Waals surface area contributed by atoms with E-state index >= 15 is 0 Å². The van der Waals surface area contributed by atoms with Gasteiger partial charge >= 0.3 is 13.2 Å². The van der Waals surface area contributed by atoms with Crippen LogP contribution in [0.3, 0.4) is 0 Å². The summed E-state index contributed by atoms with van der Waals surface area (Å²) in [6.07, 6.45) is 3.11. The number of aromatic amines is 1. The molecule has 0 fully saturated rings. The third kappa shape index (κ3) is 5.45. The van der Waals surface area contributed by atoms with Crippen LogP contribution in [0.2, 0.25) is 0 Å². The molecule has 1 amide bonds. The van der Waals surface area contributed by atoms with Gasteiger partial charge in [-0.05, 0) is 27.7 Å². The maximum Gasteiger partial charge on any atom is 0.418 e. The number of H-pyrrole nitrogens is 1. The smallest absolute Gasteiger partial charge is 0.351 e. The van der Waals surface area contributed by atoms with Crippen LogP contribution in [-0.4, -0.2) is 34.4 Å². The number of nitrogens with zero attached hydrogens (tertiary/aromatic N) is 1. The van der Waals surface area contributed by atoms with E-state index in [-0.39, 0.29) is 12.2 Å². The number of aromatic nitrogens is 2. The number of carbonyl (C=O) groups is 1. The van der Waals surface area contributed by atoms with Crippen molar-refractivity contribution in [2.75, 3.05) is 6.54 Å². The molecule has 0 saturated carbocycles. The van der Waals surface area contributed by atoms with Gasteiger partial charge in [-0.25, -0.2) is 9.55 Å². The molecule has 7 nitrogen and oxygen atoms in total. The third-order valence-corrected chi connectivity index (χ3v) is 4.21. The molecule has 0 saturated heterocycles. The average molecular weight is 303 g/mol. The Morgan fingerprint density at radius 2 is 1.95 bits per heavy atom. The minimum Gasteiger partial charge on any atom is -0.351 e. The van der Waals surface area contributed by atoms with E-state index in [1.54, 1.807) is 40.2 Å². The van der Waals surface area contributed by atoms with Crippen molar-refractivity contribution in [2.45, 2.75) is 46.3 Å². The van der Waals surface area contributed by atoms with Crippen molar-refractivity contribution in [1.82, 2.24) is 15.3 Å². The topological polar surface area (TPSA) is 93.3 Å². The van der Waals surface area contributed by atoms with Gasteiger partial charge < -0.3 is 10.3 Å². The van der Waals surface area contributed by atoms with Crippen molar-refractivity contribution in [2.24, 2.45) is 0 Å². The van der Waals surface area contributed by atoms with E-state index in [0.717, 1.165) is 5.69 Å². The Balaban J connectivity index is 2.56. The number of rotatable bonds is 8. The van der Waals surface area contributed by atoms with E-state index in [9.17, 15) is 9.36 Å². The Labute approximate surface area is 119 Å². The molecule has 0 bridgehead atoms. The van der Waals surface area contributed by atoms with Crippen LogP contribution in [0.15, 0.2) is 12.5 Å². The average Bonchev–Trinajstić information content (AvgIpc) is 2.79. The van der Waals surface area contributed by atoms with Gasteiger partial charge in [0.15, 0.2) is 0 Å². The van der Waals surface area contributed by atoms with Crippen LogP contribution in [0.25, 0.3) is 0 Å². The normalized spacial score (nSPS) is 12.1. The Hall–Kier alpha value is -1.17. The second-order valence-corrected chi connectivity index (χ2v) is 6.67. The van der Waals surface area contributed by atoms with Gasteiger partial charge in [0.25, 0.3) is 0 Å². The number of hydrogen-bond acceptors (Lipinski definition) is 5. The van der Waals surface area contributed by atoms with Gasteiger partial charge in [0, 0.05) is 19.2 Å². The van der Waals surface area contributed by atoms with Gasteiger partial charge in [0.05, 0.1) is 24.2 Å². The number of hydrogen-bond donors (Lipinski definition) is 2. The Bertz CT molecular complexity index is 445. The molecule has 1 heterocycles. The standard InChI is InChI=1S/C12H22N3O4P/c1-9(2)18-20(17,19-10(3)4)12(16)14-6-5-11-7-13-8-15-11/h7-10H,5-6H2,1-4H3,(H,13,15)(H,14,16). The van der Waals surface area contributed by atoms with E-state index in [1.165, 1.54) is 0 Å². The minimum absolute atomic E-state index is 0.316. The second kappa shape index (κ2) is 7.57. The molecule has 8 heteroatoms. The van der Waals surface area contributed by atoms with E-state index in [1.807, 2.05) is 0 Å². The molecule has 0 aromatic carbocycles. The summed E-state index contributed by atoms with van der Waals surface area (Å²) in [5.41, 5.74) is 0.102. The molecular weight excluding hydrogens is 281 g/mol. The molecule has 0 aliphatic carbocycles. The van der Waals surface area contributed by atoms with Crippen LogP contribution in [0.4, 0.5) is 4.79 Å². The maximum atomic E-state index is 12.4. The highest BCUT2D eigenvalue weighted by atomic mass is 31.2. The zero-order valence-electron chi connectivity index (χ0n) is 12.3. The predicted octanol–water partition coefficient (Wildman–Crippen LogP) is 2.70. The summed E-state index contributed by atoms with van der Waals surface area (Å²) in [5, 5.41) is 2.57. The van der Waals surface area contributed by atoms with Crippen LogP contribution in [0.1, 0.15) is 33.4 Å². The first kappa shape index (κ1) is 16.9. The zero-order valence-corrected chi connectivity index (χ0v) is 13.1. The number of amides is 1. The quantitative estimate of drug-likeness (QED) is 0.720. The molecule has 2 N–H and O–H groups in total. The molecule has 1 aromatic rings. The summed E-state index contributed by atoms with van der Waals surface area (Å²) in [4.78, 5) is 18.9. The molecule has 0 aliphatic rings. The van der Waals surface area contributed by atoms with Crippen LogP contribution in [0, 0.1) is 0 Å². The fourth-order valence-corrected chi connectivity index (χ4v) is 3.15. The lowest BCUT2D eigenvalue weighted by Gasteiger charge is -2.21. The second-order valence-electron chi connectivity index (χ2n) is 4.85. The van der Waals surface area contributed by atoms with E-state index in [0.29, 0.717) is 13.0 Å². The summed E-state index contributed by atoms with van der Waals surface area (Å²) in [6.45, 7) is 7.12. The van der Waals surface area contributed by atoms with Crippen molar-refractivity contribution < 1.29 is 18.4 Å². The fraction of sp³-hybridized carbons (Fsp3) is 0.667. The molecule has 0 radical (unpaired) electrons. The van der Waals surface area contributed by atoms with Crippen molar-refractivity contribution in [3.8, 4) is 0 Å². The van der Waals surface area contributed by atoms with E-state index in [4.69, 9.17) is 9.05 Å². The summed E-state index contributed by atoms with van der Waals surface area (Å²) >= 11 is 0. The van der Waals surface area contributed by atoms with Crippen LogP contribution < -0.4 is 5.32 Å².